The highest BCUT2D eigenvalue weighted by Crippen LogP contribution is 2.25. The van der Waals surface area contributed by atoms with Gasteiger partial charge in [-0.1, -0.05) is 12.8 Å². The van der Waals surface area contributed by atoms with Crippen molar-refractivity contribution in [2.45, 2.75) is 25.7 Å². The molecule has 0 bridgehead atoms. The lowest BCUT2D eigenvalue weighted by atomic mass is 10.1. The van der Waals surface area contributed by atoms with Crippen molar-refractivity contribution in [1.29, 1.82) is 0 Å². The van der Waals surface area contributed by atoms with Crippen LogP contribution in [0.25, 0.3) is 0 Å². The van der Waals surface area contributed by atoms with Crippen molar-refractivity contribution in [2.75, 3.05) is 27.7 Å². The van der Waals surface area contributed by atoms with Gasteiger partial charge in [-0.25, -0.2) is 4.79 Å². The SMILES string of the molecule is CN(C)C(=O)N(C)CC1CCCC1. The van der Waals surface area contributed by atoms with E-state index in [1.165, 1.54) is 25.7 Å². The quantitative estimate of drug-likeness (QED) is 0.642. The van der Waals surface area contributed by atoms with Gasteiger partial charge in [-0.05, 0) is 18.8 Å². The molecule has 13 heavy (non-hydrogen) atoms. The standard InChI is InChI=1S/C10H20N2O/c1-11(2)10(13)12(3)8-9-6-4-5-7-9/h9H,4-8H2,1-3H3. The number of carbonyl (C=O) groups is 1. The van der Waals surface area contributed by atoms with Crippen LogP contribution in [0.2, 0.25) is 0 Å². The number of urea groups is 1. The number of nitrogens with zero attached hydrogens (tertiary/aromatic N) is 2. The molecule has 0 spiro atoms. The Morgan fingerprint density at radius 2 is 1.77 bits per heavy atom. The molecule has 1 rings (SSSR count). The third-order valence-corrected chi connectivity index (χ3v) is 2.72. The van der Waals surface area contributed by atoms with E-state index in [0.29, 0.717) is 0 Å². The first-order valence-electron chi connectivity index (χ1n) is 5.03. The highest BCUT2D eigenvalue weighted by atomic mass is 16.2. The molecule has 0 unspecified atom stereocenters. The summed E-state index contributed by atoms with van der Waals surface area (Å²) >= 11 is 0. The van der Waals surface area contributed by atoms with Crippen LogP contribution in [0.1, 0.15) is 25.7 Å². The summed E-state index contributed by atoms with van der Waals surface area (Å²) in [5, 5.41) is 0. The van der Waals surface area contributed by atoms with Crippen molar-refractivity contribution in [1.82, 2.24) is 9.80 Å². The molecule has 3 heteroatoms. The molecule has 76 valence electrons. The minimum absolute atomic E-state index is 0.117. The predicted molar refractivity (Wildman–Crippen MR) is 53.7 cm³/mol. The van der Waals surface area contributed by atoms with Crippen molar-refractivity contribution < 1.29 is 4.79 Å². The largest absolute Gasteiger partial charge is 0.331 e. The molecule has 0 aromatic heterocycles. The van der Waals surface area contributed by atoms with Crippen LogP contribution < -0.4 is 0 Å². The molecule has 0 aromatic rings. The van der Waals surface area contributed by atoms with Gasteiger partial charge in [-0.15, -0.1) is 0 Å². The fraction of sp³-hybridized carbons (Fsp3) is 0.900. The monoisotopic (exact) mass is 184 g/mol. The zero-order valence-electron chi connectivity index (χ0n) is 8.92. The van der Waals surface area contributed by atoms with Crippen LogP contribution in [-0.2, 0) is 0 Å². The Kier molecular flexibility index (Phi) is 3.58. The Bertz CT molecular complexity index is 174. The summed E-state index contributed by atoms with van der Waals surface area (Å²) in [6.07, 6.45) is 5.28. The van der Waals surface area contributed by atoms with Crippen molar-refractivity contribution >= 4 is 6.03 Å². The van der Waals surface area contributed by atoms with E-state index in [4.69, 9.17) is 0 Å². The van der Waals surface area contributed by atoms with Gasteiger partial charge in [0.25, 0.3) is 0 Å². The van der Waals surface area contributed by atoms with E-state index < -0.39 is 0 Å². The molecular formula is C10H20N2O. The average molecular weight is 184 g/mol. The van der Waals surface area contributed by atoms with Crippen molar-refractivity contribution in [2.24, 2.45) is 5.92 Å². The molecular weight excluding hydrogens is 164 g/mol. The second kappa shape index (κ2) is 4.49. The maximum absolute atomic E-state index is 11.5. The topological polar surface area (TPSA) is 23.6 Å². The predicted octanol–water partition coefficient (Wildman–Crippen LogP) is 1.79. The molecule has 0 heterocycles. The number of amides is 2. The summed E-state index contributed by atoms with van der Waals surface area (Å²) in [5.41, 5.74) is 0. The van der Waals surface area contributed by atoms with E-state index in [2.05, 4.69) is 0 Å². The van der Waals surface area contributed by atoms with Crippen LogP contribution in [0.15, 0.2) is 0 Å². The highest BCUT2D eigenvalue weighted by Gasteiger charge is 2.19. The number of rotatable bonds is 2. The molecule has 0 radical (unpaired) electrons. The van der Waals surface area contributed by atoms with Gasteiger partial charge in [-0.3, -0.25) is 0 Å². The van der Waals surface area contributed by atoms with Crippen molar-refractivity contribution in [3.63, 3.8) is 0 Å². The normalized spacial score (nSPS) is 17.5. The molecule has 3 nitrogen and oxygen atoms in total. The fourth-order valence-electron chi connectivity index (χ4n) is 2.00. The smallest absolute Gasteiger partial charge is 0.319 e. The molecule has 0 atom stereocenters. The van der Waals surface area contributed by atoms with E-state index in [1.807, 2.05) is 11.9 Å². The van der Waals surface area contributed by atoms with Crippen LogP contribution in [0.3, 0.4) is 0 Å². The summed E-state index contributed by atoms with van der Waals surface area (Å²) in [6.45, 7) is 0.928. The minimum Gasteiger partial charge on any atom is -0.331 e. The molecule has 1 fully saturated rings. The molecule has 0 aromatic carbocycles. The molecule has 1 saturated carbocycles. The summed E-state index contributed by atoms with van der Waals surface area (Å²) in [4.78, 5) is 14.9. The van der Waals surface area contributed by atoms with Gasteiger partial charge in [0.05, 0.1) is 0 Å². The van der Waals surface area contributed by atoms with Gasteiger partial charge in [-0.2, -0.15) is 0 Å². The summed E-state index contributed by atoms with van der Waals surface area (Å²) in [6, 6.07) is 0.117. The van der Waals surface area contributed by atoms with Crippen molar-refractivity contribution in [3.05, 3.63) is 0 Å². The van der Waals surface area contributed by atoms with Gasteiger partial charge < -0.3 is 9.80 Å². The van der Waals surface area contributed by atoms with Crippen LogP contribution in [0.5, 0.6) is 0 Å². The average Bonchev–Trinajstić information content (AvgIpc) is 2.55. The van der Waals surface area contributed by atoms with Crippen LogP contribution >= 0.6 is 0 Å². The van der Waals surface area contributed by atoms with Gasteiger partial charge in [0.15, 0.2) is 0 Å². The minimum atomic E-state index is 0.117. The molecule has 1 aliphatic rings. The lowest BCUT2D eigenvalue weighted by Gasteiger charge is -2.24. The number of hydrogen-bond acceptors (Lipinski definition) is 1. The van der Waals surface area contributed by atoms with E-state index >= 15 is 0 Å². The van der Waals surface area contributed by atoms with E-state index in [1.54, 1.807) is 19.0 Å². The third kappa shape index (κ3) is 2.90. The van der Waals surface area contributed by atoms with Gasteiger partial charge >= 0.3 is 6.03 Å². The summed E-state index contributed by atoms with van der Waals surface area (Å²) < 4.78 is 0. The maximum Gasteiger partial charge on any atom is 0.319 e. The second-order valence-corrected chi connectivity index (χ2v) is 4.21. The maximum atomic E-state index is 11.5. The Morgan fingerprint density at radius 1 is 1.23 bits per heavy atom. The Labute approximate surface area is 80.7 Å². The molecule has 1 aliphatic carbocycles. The highest BCUT2D eigenvalue weighted by molar-refractivity contribution is 5.73. The van der Waals surface area contributed by atoms with Crippen LogP contribution in [0.4, 0.5) is 4.79 Å². The zero-order chi connectivity index (χ0) is 9.84. The first-order valence-corrected chi connectivity index (χ1v) is 5.03. The fourth-order valence-corrected chi connectivity index (χ4v) is 2.00. The number of carbonyl (C=O) groups excluding carboxylic acids is 1. The van der Waals surface area contributed by atoms with E-state index in [0.717, 1.165) is 12.5 Å². The van der Waals surface area contributed by atoms with Crippen molar-refractivity contribution in [3.8, 4) is 0 Å². The van der Waals surface area contributed by atoms with E-state index in [9.17, 15) is 4.79 Å². The first-order chi connectivity index (χ1) is 6.11. The Morgan fingerprint density at radius 3 is 2.23 bits per heavy atom. The van der Waals surface area contributed by atoms with Crippen LogP contribution in [0, 0.1) is 5.92 Å². The van der Waals surface area contributed by atoms with Crippen LogP contribution in [-0.4, -0.2) is 43.5 Å². The molecule has 0 N–H and O–H groups in total. The van der Waals surface area contributed by atoms with E-state index in [-0.39, 0.29) is 6.03 Å². The third-order valence-electron chi connectivity index (χ3n) is 2.72. The lowest BCUT2D eigenvalue weighted by Crippen LogP contribution is -2.38. The Hall–Kier alpha value is -0.730. The second-order valence-electron chi connectivity index (χ2n) is 4.21. The number of hydrogen-bond donors (Lipinski definition) is 0. The summed E-state index contributed by atoms with van der Waals surface area (Å²) in [5.74, 6) is 0.744. The van der Waals surface area contributed by atoms with Gasteiger partial charge in [0, 0.05) is 27.7 Å². The summed E-state index contributed by atoms with van der Waals surface area (Å²) in [7, 11) is 5.49. The molecule has 2 amide bonds. The molecule has 0 aliphatic heterocycles. The van der Waals surface area contributed by atoms with Gasteiger partial charge in [0.2, 0.25) is 0 Å². The lowest BCUT2D eigenvalue weighted by molar-refractivity contribution is 0.174. The zero-order valence-corrected chi connectivity index (χ0v) is 8.92. The van der Waals surface area contributed by atoms with Gasteiger partial charge in [0.1, 0.15) is 0 Å². The first kappa shape index (κ1) is 10.4. The Balaban J connectivity index is 2.31. The molecule has 0 saturated heterocycles.